The smallest absolute Gasteiger partial charge is 0.371 e. The highest BCUT2D eigenvalue weighted by Crippen LogP contribution is 2.23. The number of likely N-dealkylation sites (tertiary alicyclic amines) is 1. The van der Waals surface area contributed by atoms with Gasteiger partial charge in [0.05, 0.1) is 11.3 Å². The maximum absolute atomic E-state index is 12.8. The van der Waals surface area contributed by atoms with Gasteiger partial charge in [-0.1, -0.05) is 19.1 Å². The number of piperidine rings is 1. The lowest BCUT2D eigenvalue weighted by atomic mass is 9.98. The first-order valence-electron chi connectivity index (χ1n) is 8.48. The van der Waals surface area contributed by atoms with E-state index in [4.69, 9.17) is 9.52 Å². The van der Waals surface area contributed by atoms with Crippen LogP contribution in [-0.2, 0) is 0 Å². The number of amides is 2. The van der Waals surface area contributed by atoms with Gasteiger partial charge in [-0.2, -0.15) is 0 Å². The summed E-state index contributed by atoms with van der Waals surface area (Å²) in [5.74, 6) is -1.82. The van der Waals surface area contributed by atoms with E-state index in [-0.39, 0.29) is 17.4 Å². The number of rotatable bonds is 4. The molecule has 1 aromatic heterocycles. The molecule has 3 rings (SSSR count). The Bertz CT molecular complexity index is 834. The molecule has 1 aliphatic heterocycles. The lowest BCUT2D eigenvalue weighted by Crippen LogP contribution is -2.38. The van der Waals surface area contributed by atoms with Crippen LogP contribution < -0.4 is 5.32 Å². The summed E-state index contributed by atoms with van der Waals surface area (Å²) >= 11 is 0. The lowest BCUT2D eigenvalue weighted by molar-refractivity contribution is 0.0658. The van der Waals surface area contributed by atoms with Crippen LogP contribution in [0, 0.1) is 5.92 Å². The van der Waals surface area contributed by atoms with E-state index in [1.807, 2.05) is 0 Å². The first kappa shape index (κ1) is 17.7. The van der Waals surface area contributed by atoms with Crippen molar-refractivity contribution in [3.05, 3.63) is 53.5 Å². The molecule has 0 bridgehead atoms. The quantitative estimate of drug-likeness (QED) is 0.877. The number of aromatic carboxylic acids is 1. The van der Waals surface area contributed by atoms with E-state index in [2.05, 4.69) is 12.2 Å². The lowest BCUT2D eigenvalue weighted by Gasteiger charge is -2.30. The minimum Gasteiger partial charge on any atom is -0.475 e. The number of carbonyl (C=O) groups excluding carboxylic acids is 2. The van der Waals surface area contributed by atoms with Gasteiger partial charge in [0.15, 0.2) is 5.76 Å². The van der Waals surface area contributed by atoms with Crippen LogP contribution in [-0.4, -0.2) is 40.9 Å². The number of nitrogens with zero attached hydrogens (tertiary/aromatic N) is 1. The zero-order valence-electron chi connectivity index (χ0n) is 14.4. The first-order chi connectivity index (χ1) is 12.5. The second kappa shape index (κ2) is 7.43. The molecular weight excluding hydrogens is 336 g/mol. The summed E-state index contributed by atoms with van der Waals surface area (Å²) in [4.78, 5) is 37.8. The fourth-order valence-electron chi connectivity index (χ4n) is 2.92. The molecule has 7 nitrogen and oxygen atoms in total. The van der Waals surface area contributed by atoms with Gasteiger partial charge in [-0.3, -0.25) is 9.59 Å². The van der Waals surface area contributed by atoms with Gasteiger partial charge >= 0.3 is 5.97 Å². The Labute approximate surface area is 150 Å². The van der Waals surface area contributed by atoms with Crippen LogP contribution in [0.25, 0.3) is 0 Å². The van der Waals surface area contributed by atoms with Gasteiger partial charge < -0.3 is 19.7 Å². The number of hydrogen-bond donors (Lipinski definition) is 2. The summed E-state index contributed by atoms with van der Waals surface area (Å²) in [5, 5.41) is 11.5. The van der Waals surface area contributed by atoms with Gasteiger partial charge in [0, 0.05) is 13.1 Å². The molecule has 0 unspecified atom stereocenters. The molecule has 7 heteroatoms. The molecule has 26 heavy (non-hydrogen) atoms. The van der Waals surface area contributed by atoms with E-state index in [0.717, 1.165) is 12.8 Å². The van der Waals surface area contributed by atoms with E-state index in [1.165, 1.54) is 12.1 Å². The van der Waals surface area contributed by atoms with Crippen LogP contribution in [0.2, 0.25) is 0 Å². The number of furan rings is 1. The molecule has 1 saturated heterocycles. The van der Waals surface area contributed by atoms with Crippen LogP contribution in [0.15, 0.2) is 40.8 Å². The number of nitrogens with one attached hydrogen (secondary N) is 1. The molecule has 2 aromatic rings. The second-order valence-corrected chi connectivity index (χ2v) is 6.44. The minimum absolute atomic E-state index is 0.126. The number of hydrogen-bond acceptors (Lipinski definition) is 4. The average Bonchev–Trinajstić information content (AvgIpc) is 3.13. The van der Waals surface area contributed by atoms with Gasteiger partial charge in [0.25, 0.3) is 11.8 Å². The summed E-state index contributed by atoms with van der Waals surface area (Å²) in [7, 11) is 0. The van der Waals surface area contributed by atoms with Crippen molar-refractivity contribution in [2.24, 2.45) is 5.92 Å². The standard InChI is InChI=1S/C19H20N2O5/c1-12-8-10-21(11-9-12)18(23)13-4-2-3-5-14(13)20-17(22)15-6-7-16(26-15)19(24)25/h2-7,12H,8-11H2,1H3,(H,20,22)(H,24,25). The number of carboxylic acid groups (broad SMARTS) is 1. The summed E-state index contributed by atoms with van der Waals surface area (Å²) in [5.41, 5.74) is 0.773. The maximum atomic E-state index is 12.8. The van der Waals surface area contributed by atoms with Crippen LogP contribution in [0.5, 0.6) is 0 Å². The Morgan fingerprint density at radius 1 is 1.08 bits per heavy atom. The van der Waals surface area contributed by atoms with Gasteiger partial charge in [-0.05, 0) is 43.0 Å². The third kappa shape index (κ3) is 3.77. The Kier molecular flexibility index (Phi) is 5.06. The Balaban J connectivity index is 1.77. The molecule has 2 heterocycles. The van der Waals surface area contributed by atoms with Gasteiger partial charge in [-0.15, -0.1) is 0 Å². The summed E-state index contributed by atoms with van der Waals surface area (Å²) < 4.78 is 5.00. The zero-order valence-corrected chi connectivity index (χ0v) is 14.4. The fraction of sp³-hybridized carbons (Fsp3) is 0.316. The van der Waals surface area contributed by atoms with Crippen molar-refractivity contribution in [3.8, 4) is 0 Å². The van der Waals surface area contributed by atoms with Crippen LogP contribution in [0.4, 0.5) is 5.69 Å². The molecule has 0 radical (unpaired) electrons. The maximum Gasteiger partial charge on any atom is 0.371 e. The summed E-state index contributed by atoms with van der Waals surface area (Å²) in [6.07, 6.45) is 1.93. The topological polar surface area (TPSA) is 99.9 Å². The van der Waals surface area contributed by atoms with Crippen LogP contribution in [0.1, 0.15) is 51.2 Å². The van der Waals surface area contributed by atoms with Crippen molar-refractivity contribution < 1.29 is 23.9 Å². The average molecular weight is 356 g/mol. The van der Waals surface area contributed by atoms with E-state index >= 15 is 0 Å². The molecule has 1 fully saturated rings. The van der Waals surface area contributed by atoms with Crippen molar-refractivity contribution in [2.45, 2.75) is 19.8 Å². The highest BCUT2D eigenvalue weighted by Gasteiger charge is 2.24. The van der Waals surface area contributed by atoms with E-state index in [1.54, 1.807) is 29.2 Å². The van der Waals surface area contributed by atoms with Crippen molar-refractivity contribution in [2.75, 3.05) is 18.4 Å². The monoisotopic (exact) mass is 356 g/mol. The predicted octanol–water partition coefficient (Wildman–Crippen LogP) is 3.10. The van der Waals surface area contributed by atoms with Crippen molar-refractivity contribution in [1.29, 1.82) is 0 Å². The molecule has 2 N–H and O–H groups in total. The summed E-state index contributed by atoms with van der Waals surface area (Å²) in [6, 6.07) is 9.26. The normalized spacial score (nSPS) is 14.9. The van der Waals surface area contributed by atoms with Gasteiger partial charge in [0.1, 0.15) is 0 Å². The SMILES string of the molecule is CC1CCN(C(=O)c2ccccc2NC(=O)c2ccc(C(=O)O)o2)CC1. The van der Waals surface area contributed by atoms with Crippen molar-refractivity contribution in [3.63, 3.8) is 0 Å². The van der Waals surface area contributed by atoms with Crippen LogP contribution >= 0.6 is 0 Å². The van der Waals surface area contributed by atoms with E-state index in [0.29, 0.717) is 30.3 Å². The molecule has 0 atom stereocenters. The second-order valence-electron chi connectivity index (χ2n) is 6.44. The Morgan fingerprint density at radius 2 is 1.73 bits per heavy atom. The largest absolute Gasteiger partial charge is 0.475 e. The highest BCUT2D eigenvalue weighted by molar-refractivity contribution is 6.08. The number of para-hydroxylation sites is 1. The van der Waals surface area contributed by atoms with Gasteiger partial charge in [-0.25, -0.2) is 4.79 Å². The number of carboxylic acids is 1. The number of benzene rings is 1. The molecule has 0 spiro atoms. The number of carbonyl (C=O) groups is 3. The van der Waals surface area contributed by atoms with Crippen molar-refractivity contribution >= 4 is 23.5 Å². The molecule has 0 aliphatic carbocycles. The highest BCUT2D eigenvalue weighted by atomic mass is 16.4. The molecule has 0 saturated carbocycles. The minimum atomic E-state index is -1.25. The Morgan fingerprint density at radius 3 is 2.38 bits per heavy atom. The summed E-state index contributed by atoms with van der Waals surface area (Å²) in [6.45, 7) is 3.57. The molecular formula is C19H20N2O5. The molecule has 2 amide bonds. The Hall–Kier alpha value is -3.09. The first-order valence-corrected chi connectivity index (χ1v) is 8.48. The van der Waals surface area contributed by atoms with Crippen LogP contribution in [0.3, 0.4) is 0 Å². The fourth-order valence-corrected chi connectivity index (χ4v) is 2.92. The van der Waals surface area contributed by atoms with E-state index in [9.17, 15) is 14.4 Å². The predicted molar refractivity (Wildman–Crippen MR) is 94.4 cm³/mol. The molecule has 1 aliphatic rings. The third-order valence-corrected chi connectivity index (χ3v) is 4.52. The van der Waals surface area contributed by atoms with E-state index < -0.39 is 11.9 Å². The van der Waals surface area contributed by atoms with Crippen molar-refractivity contribution in [1.82, 2.24) is 4.90 Å². The zero-order chi connectivity index (χ0) is 18.7. The molecule has 1 aromatic carbocycles. The van der Waals surface area contributed by atoms with Gasteiger partial charge in [0.2, 0.25) is 5.76 Å². The number of anilines is 1. The molecule has 136 valence electrons. The third-order valence-electron chi connectivity index (χ3n) is 4.52.